The Labute approximate surface area is 147 Å². The van der Waals surface area contributed by atoms with E-state index in [1.54, 1.807) is 6.07 Å². The quantitative estimate of drug-likeness (QED) is 0.379. The van der Waals surface area contributed by atoms with Crippen molar-refractivity contribution in [1.29, 1.82) is 0 Å². The van der Waals surface area contributed by atoms with Crippen LogP contribution in [0.3, 0.4) is 0 Å². The number of non-ortho nitro benzene ring substituents is 1. The van der Waals surface area contributed by atoms with Gasteiger partial charge < -0.3 is 14.4 Å². The van der Waals surface area contributed by atoms with Crippen molar-refractivity contribution in [2.45, 2.75) is 18.9 Å². The van der Waals surface area contributed by atoms with Crippen LogP contribution in [0.1, 0.15) is 12.8 Å². The van der Waals surface area contributed by atoms with Gasteiger partial charge in [0.05, 0.1) is 4.92 Å². The van der Waals surface area contributed by atoms with E-state index in [0.717, 1.165) is 0 Å². The SMILES string of the molecule is O=C(Oc1ccc([N+](=O)[O-])cc1)OC1CCN(c2ccc(=O)[nH]n2)CC1. The standard InChI is InChI=1S/C16H16N4O6/c21-15-6-5-14(17-18-15)19-9-7-13(8-10-19)26-16(22)25-12-3-1-11(2-4-12)20(23)24/h1-6,13H,7-10H2,(H,18,21). The predicted octanol–water partition coefficient (Wildman–Crippen LogP) is 1.86. The molecule has 26 heavy (non-hydrogen) atoms. The summed E-state index contributed by atoms with van der Waals surface area (Å²) in [5.41, 5.74) is -0.352. The van der Waals surface area contributed by atoms with E-state index >= 15 is 0 Å². The summed E-state index contributed by atoms with van der Waals surface area (Å²) in [7, 11) is 0. The van der Waals surface area contributed by atoms with Gasteiger partial charge in [-0.1, -0.05) is 0 Å². The number of benzene rings is 1. The monoisotopic (exact) mass is 360 g/mol. The number of nitro benzene ring substituents is 1. The molecule has 0 atom stereocenters. The number of hydrogen-bond acceptors (Lipinski definition) is 8. The Morgan fingerprint density at radius 2 is 1.88 bits per heavy atom. The molecule has 0 saturated carbocycles. The Bertz CT molecular complexity index is 822. The lowest BCUT2D eigenvalue weighted by Crippen LogP contribution is -2.39. The molecule has 0 amide bonds. The summed E-state index contributed by atoms with van der Waals surface area (Å²) in [5.74, 6) is 0.840. The highest BCUT2D eigenvalue weighted by Crippen LogP contribution is 2.21. The first-order chi connectivity index (χ1) is 12.5. The fourth-order valence-corrected chi connectivity index (χ4v) is 2.61. The van der Waals surface area contributed by atoms with Crippen LogP contribution in [0.5, 0.6) is 5.75 Å². The molecule has 0 radical (unpaired) electrons. The summed E-state index contributed by atoms with van der Waals surface area (Å²) in [4.78, 5) is 34.9. The highest BCUT2D eigenvalue weighted by Gasteiger charge is 2.24. The third kappa shape index (κ3) is 4.35. The molecular weight excluding hydrogens is 344 g/mol. The number of nitrogens with one attached hydrogen (secondary N) is 1. The molecular formula is C16H16N4O6. The lowest BCUT2D eigenvalue weighted by atomic mass is 10.1. The zero-order valence-electron chi connectivity index (χ0n) is 13.7. The molecule has 0 bridgehead atoms. The molecule has 1 N–H and O–H groups in total. The smallest absolute Gasteiger partial charge is 0.431 e. The molecule has 0 unspecified atom stereocenters. The van der Waals surface area contributed by atoms with Gasteiger partial charge in [0.15, 0.2) is 0 Å². The summed E-state index contributed by atoms with van der Waals surface area (Å²) in [5, 5.41) is 16.9. The van der Waals surface area contributed by atoms with E-state index in [9.17, 15) is 19.7 Å². The van der Waals surface area contributed by atoms with Crippen molar-refractivity contribution in [2.24, 2.45) is 0 Å². The maximum atomic E-state index is 11.8. The van der Waals surface area contributed by atoms with Gasteiger partial charge in [-0.15, -0.1) is 0 Å². The van der Waals surface area contributed by atoms with Gasteiger partial charge in [0.1, 0.15) is 17.7 Å². The summed E-state index contributed by atoms with van der Waals surface area (Å²) in [6.45, 7) is 1.24. The number of carbonyl (C=O) groups is 1. The number of carbonyl (C=O) groups excluding carboxylic acids is 1. The molecule has 136 valence electrons. The summed E-state index contributed by atoms with van der Waals surface area (Å²) >= 11 is 0. The maximum absolute atomic E-state index is 11.8. The molecule has 10 heteroatoms. The molecule has 0 spiro atoms. The van der Waals surface area contributed by atoms with E-state index in [-0.39, 0.29) is 23.1 Å². The van der Waals surface area contributed by atoms with Gasteiger partial charge in [-0.05, 0) is 18.2 Å². The van der Waals surface area contributed by atoms with Gasteiger partial charge in [0, 0.05) is 44.1 Å². The number of rotatable bonds is 4. The van der Waals surface area contributed by atoms with Crippen LogP contribution in [0.25, 0.3) is 0 Å². The first-order valence-electron chi connectivity index (χ1n) is 7.95. The fourth-order valence-electron chi connectivity index (χ4n) is 2.61. The van der Waals surface area contributed by atoms with E-state index in [4.69, 9.17) is 9.47 Å². The van der Waals surface area contributed by atoms with Crippen molar-refractivity contribution in [3.63, 3.8) is 0 Å². The van der Waals surface area contributed by atoms with Gasteiger partial charge in [-0.2, -0.15) is 5.10 Å². The zero-order valence-corrected chi connectivity index (χ0v) is 13.7. The molecule has 1 aliphatic heterocycles. The Balaban J connectivity index is 1.48. The second-order valence-electron chi connectivity index (χ2n) is 5.69. The number of nitro groups is 1. The molecule has 10 nitrogen and oxygen atoms in total. The molecule has 1 saturated heterocycles. The normalized spacial score (nSPS) is 14.7. The third-order valence-electron chi connectivity index (χ3n) is 3.94. The number of aromatic amines is 1. The van der Waals surface area contributed by atoms with E-state index < -0.39 is 11.1 Å². The fraction of sp³-hybridized carbons (Fsp3) is 0.312. The Morgan fingerprint density at radius 3 is 2.46 bits per heavy atom. The predicted molar refractivity (Wildman–Crippen MR) is 90.3 cm³/mol. The van der Waals surface area contributed by atoms with Crippen LogP contribution in [0.15, 0.2) is 41.2 Å². The lowest BCUT2D eigenvalue weighted by Gasteiger charge is -2.31. The van der Waals surface area contributed by atoms with Crippen LogP contribution in [0.2, 0.25) is 0 Å². The Morgan fingerprint density at radius 1 is 1.19 bits per heavy atom. The molecule has 3 rings (SSSR count). The van der Waals surface area contributed by atoms with Crippen molar-refractivity contribution in [3.8, 4) is 5.75 Å². The molecule has 1 aliphatic rings. The van der Waals surface area contributed by atoms with Crippen LogP contribution in [0.4, 0.5) is 16.3 Å². The Kier molecular flexibility index (Phi) is 5.11. The van der Waals surface area contributed by atoms with E-state index in [1.165, 1.54) is 30.3 Å². The molecule has 1 aromatic heterocycles. The number of aromatic nitrogens is 2. The highest BCUT2D eigenvalue weighted by molar-refractivity contribution is 5.64. The number of nitrogens with zero attached hydrogens (tertiary/aromatic N) is 3. The minimum Gasteiger partial charge on any atom is -0.431 e. The van der Waals surface area contributed by atoms with Crippen LogP contribution >= 0.6 is 0 Å². The number of ether oxygens (including phenoxy) is 2. The van der Waals surface area contributed by atoms with E-state index in [1.807, 2.05) is 4.90 Å². The molecule has 1 fully saturated rings. The number of H-pyrrole nitrogens is 1. The van der Waals surface area contributed by atoms with E-state index in [2.05, 4.69) is 10.2 Å². The average molecular weight is 360 g/mol. The van der Waals surface area contributed by atoms with Crippen LogP contribution in [0, 0.1) is 10.1 Å². The van der Waals surface area contributed by atoms with Crippen LogP contribution < -0.4 is 15.2 Å². The van der Waals surface area contributed by atoms with Crippen LogP contribution in [-0.2, 0) is 4.74 Å². The van der Waals surface area contributed by atoms with Crippen molar-refractivity contribution in [1.82, 2.24) is 10.2 Å². The maximum Gasteiger partial charge on any atom is 0.514 e. The topological polar surface area (TPSA) is 128 Å². The van der Waals surface area contributed by atoms with Gasteiger partial charge >= 0.3 is 6.16 Å². The molecule has 0 aliphatic carbocycles. The summed E-state index contributed by atoms with van der Waals surface area (Å²) in [6.07, 6.45) is 0.0471. The molecule has 2 heterocycles. The minimum atomic E-state index is -0.848. The van der Waals surface area contributed by atoms with Crippen molar-refractivity contribution < 1.29 is 19.2 Å². The van der Waals surface area contributed by atoms with Gasteiger partial charge in [-0.25, -0.2) is 9.89 Å². The second-order valence-corrected chi connectivity index (χ2v) is 5.69. The summed E-state index contributed by atoms with van der Waals surface area (Å²) in [6, 6.07) is 8.22. The van der Waals surface area contributed by atoms with E-state index in [0.29, 0.717) is 31.7 Å². The minimum absolute atomic E-state index is 0.0889. The van der Waals surface area contributed by atoms with Crippen molar-refractivity contribution >= 4 is 17.7 Å². The summed E-state index contributed by atoms with van der Waals surface area (Å²) < 4.78 is 10.3. The van der Waals surface area contributed by atoms with Crippen molar-refractivity contribution in [2.75, 3.05) is 18.0 Å². The van der Waals surface area contributed by atoms with Gasteiger partial charge in [0.2, 0.25) is 0 Å². The third-order valence-corrected chi connectivity index (χ3v) is 3.94. The zero-order chi connectivity index (χ0) is 18.5. The first-order valence-corrected chi connectivity index (χ1v) is 7.95. The lowest BCUT2D eigenvalue weighted by molar-refractivity contribution is -0.384. The average Bonchev–Trinajstić information content (AvgIpc) is 2.63. The van der Waals surface area contributed by atoms with Gasteiger partial charge in [-0.3, -0.25) is 14.9 Å². The number of piperidine rings is 1. The molecule has 2 aromatic rings. The largest absolute Gasteiger partial charge is 0.514 e. The van der Waals surface area contributed by atoms with Crippen molar-refractivity contribution in [3.05, 3.63) is 56.9 Å². The van der Waals surface area contributed by atoms with Crippen LogP contribution in [-0.4, -0.2) is 40.5 Å². The molecule has 1 aromatic carbocycles. The number of hydrogen-bond donors (Lipinski definition) is 1. The first kappa shape index (κ1) is 17.4. The number of anilines is 1. The Hall–Kier alpha value is -3.43. The highest BCUT2D eigenvalue weighted by atomic mass is 16.7. The van der Waals surface area contributed by atoms with Gasteiger partial charge in [0.25, 0.3) is 11.2 Å². The second kappa shape index (κ2) is 7.64.